The number of hydrogen-bond donors (Lipinski definition) is 1. The van der Waals surface area contributed by atoms with E-state index in [2.05, 4.69) is 0 Å². The Kier molecular flexibility index (Phi) is 3.51. The summed E-state index contributed by atoms with van der Waals surface area (Å²) in [5.74, 6) is 0.0764. The summed E-state index contributed by atoms with van der Waals surface area (Å²) in [4.78, 5) is 0. The van der Waals surface area contributed by atoms with Crippen LogP contribution in [0.25, 0.3) is 0 Å². The van der Waals surface area contributed by atoms with Crippen molar-refractivity contribution in [1.82, 2.24) is 0 Å². The third-order valence-electron chi connectivity index (χ3n) is 1.50. The standard InChI is InChI=1S/C7H16O3S/c1-7(2,3)11(9,10)6-4-5-8/h8H,4-6H2,1-3H3. The molecule has 0 aromatic carbocycles. The summed E-state index contributed by atoms with van der Waals surface area (Å²) in [6.45, 7) is 4.94. The lowest BCUT2D eigenvalue weighted by Crippen LogP contribution is -2.30. The number of sulfone groups is 1. The van der Waals surface area contributed by atoms with Gasteiger partial charge in [-0.05, 0) is 27.2 Å². The molecule has 0 fully saturated rings. The van der Waals surface area contributed by atoms with E-state index in [4.69, 9.17) is 5.11 Å². The van der Waals surface area contributed by atoms with Crippen LogP contribution in [0.1, 0.15) is 27.2 Å². The molecule has 4 heteroatoms. The maximum absolute atomic E-state index is 11.3. The van der Waals surface area contributed by atoms with Crippen molar-refractivity contribution in [2.75, 3.05) is 12.4 Å². The molecule has 0 atom stereocenters. The predicted octanol–water partition coefficient (Wildman–Crippen LogP) is 0.582. The minimum absolute atomic E-state index is 0.0602. The van der Waals surface area contributed by atoms with Gasteiger partial charge in [-0.25, -0.2) is 8.42 Å². The Morgan fingerprint density at radius 3 is 2.00 bits per heavy atom. The van der Waals surface area contributed by atoms with Gasteiger partial charge in [0.25, 0.3) is 0 Å². The zero-order valence-electron chi connectivity index (χ0n) is 7.29. The SMILES string of the molecule is CC(C)(C)S(=O)(=O)CCCO. The fourth-order valence-corrected chi connectivity index (χ4v) is 1.68. The van der Waals surface area contributed by atoms with Gasteiger partial charge in [0.1, 0.15) is 0 Å². The maximum Gasteiger partial charge on any atom is 0.155 e. The molecule has 3 nitrogen and oxygen atoms in total. The van der Waals surface area contributed by atoms with Crippen LogP contribution in [0.4, 0.5) is 0 Å². The fourth-order valence-electron chi connectivity index (χ4n) is 0.561. The summed E-state index contributed by atoms with van der Waals surface area (Å²) in [5, 5.41) is 8.43. The van der Waals surface area contributed by atoms with Crippen LogP contribution in [0.5, 0.6) is 0 Å². The molecular formula is C7H16O3S. The lowest BCUT2D eigenvalue weighted by Gasteiger charge is -2.18. The highest BCUT2D eigenvalue weighted by atomic mass is 32.2. The van der Waals surface area contributed by atoms with Gasteiger partial charge in [0, 0.05) is 6.61 Å². The Morgan fingerprint density at radius 2 is 1.73 bits per heavy atom. The van der Waals surface area contributed by atoms with Gasteiger partial charge in [-0.3, -0.25) is 0 Å². The molecule has 68 valence electrons. The summed E-state index contributed by atoms with van der Waals surface area (Å²) < 4.78 is 21.9. The highest BCUT2D eigenvalue weighted by molar-refractivity contribution is 7.92. The van der Waals surface area contributed by atoms with E-state index in [0.29, 0.717) is 6.42 Å². The van der Waals surface area contributed by atoms with Gasteiger partial charge < -0.3 is 5.11 Å². The maximum atomic E-state index is 11.3. The lowest BCUT2D eigenvalue weighted by molar-refractivity contribution is 0.295. The molecule has 0 saturated heterocycles. The zero-order chi connectivity index (χ0) is 9.12. The average Bonchev–Trinajstić information content (AvgIpc) is 1.81. The molecule has 0 amide bonds. The first-order chi connectivity index (χ1) is 4.81. The van der Waals surface area contributed by atoms with Crippen molar-refractivity contribution in [2.45, 2.75) is 31.9 Å². The van der Waals surface area contributed by atoms with Crippen LogP contribution in [-0.4, -0.2) is 30.6 Å². The van der Waals surface area contributed by atoms with E-state index in [1.165, 1.54) is 0 Å². The van der Waals surface area contributed by atoms with E-state index in [9.17, 15) is 8.42 Å². The van der Waals surface area contributed by atoms with Gasteiger partial charge in [-0.2, -0.15) is 0 Å². The molecule has 0 saturated carbocycles. The van der Waals surface area contributed by atoms with Crippen LogP contribution in [-0.2, 0) is 9.84 Å². The Morgan fingerprint density at radius 1 is 1.27 bits per heavy atom. The molecule has 0 aromatic rings. The van der Waals surface area contributed by atoms with E-state index in [-0.39, 0.29) is 12.4 Å². The molecular weight excluding hydrogens is 164 g/mol. The topological polar surface area (TPSA) is 54.4 Å². The molecule has 1 N–H and O–H groups in total. The summed E-state index contributed by atoms with van der Waals surface area (Å²) in [6, 6.07) is 0. The summed E-state index contributed by atoms with van der Waals surface area (Å²) in [7, 11) is -3.02. The van der Waals surface area contributed by atoms with E-state index < -0.39 is 14.6 Å². The van der Waals surface area contributed by atoms with Gasteiger partial charge in [0.2, 0.25) is 0 Å². The van der Waals surface area contributed by atoms with E-state index >= 15 is 0 Å². The van der Waals surface area contributed by atoms with Gasteiger partial charge in [0.05, 0.1) is 10.5 Å². The van der Waals surface area contributed by atoms with Crippen molar-refractivity contribution in [3.8, 4) is 0 Å². The average molecular weight is 180 g/mol. The van der Waals surface area contributed by atoms with Crippen LogP contribution in [0, 0.1) is 0 Å². The lowest BCUT2D eigenvalue weighted by atomic mass is 10.3. The second-order valence-electron chi connectivity index (χ2n) is 3.51. The number of aliphatic hydroxyl groups is 1. The minimum Gasteiger partial charge on any atom is -0.396 e. The largest absolute Gasteiger partial charge is 0.396 e. The Hall–Kier alpha value is -0.0900. The predicted molar refractivity (Wildman–Crippen MR) is 45.2 cm³/mol. The van der Waals surface area contributed by atoms with Gasteiger partial charge in [-0.1, -0.05) is 0 Å². The van der Waals surface area contributed by atoms with Crippen LogP contribution in [0.2, 0.25) is 0 Å². The van der Waals surface area contributed by atoms with Crippen molar-refractivity contribution in [2.24, 2.45) is 0 Å². The number of aliphatic hydroxyl groups excluding tert-OH is 1. The van der Waals surface area contributed by atoms with Crippen molar-refractivity contribution >= 4 is 9.84 Å². The normalized spacial score (nSPS) is 13.5. The third kappa shape index (κ3) is 3.20. The molecule has 11 heavy (non-hydrogen) atoms. The zero-order valence-corrected chi connectivity index (χ0v) is 8.11. The monoisotopic (exact) mass is 180 g/mol. The second kappa shape index (κ2) is 3.54. The molecule has 0 heterocycles. The number of rotatable bonds is 3. The van der Waals surface area contributed by atoms with E-state index in [0.717, 1.165) is 0 Å². The van der Waals surface area contributed by atoms with E-state index in [1.807, 2.05) is 0 Å². The molecule has 0 rings (SSSR count). The fraction of sp³-hybridized carbons (Fsp3) is 1.00. The quantitative estimate of drug-likeness (QED) is 0.691. The van der Waals surface area contributed by atoms with Crippen molar-refractivity contribution in [3.05, 3.63) is 0 Å². The van der Waals surface area contributed by atoms with Crippen LogP contribution in [0.3, 0.4) is 0 Å². The van der Waals surface area contributed by atoms with Crippen molar-refractivity contribution < 1.29 is 13.5 Å². The smallest absolute Gasteiger partial charge is 0.155 e. The van der Waals surface area contributed by atoms with Gasteiger partial charge in [-0.15, -0.1) is 0 Å². The van der Waals surface area contributed by atoms with Gasteiger partial charge in [0.15, 0.2) is 9.84 Å². The summed E-state index contributed by atoms with van der Waals surface area (Å²) in [5.41, 5.74) is 0. The highest BCUT2D eigenvalue weighted by Gasteiger charge is 2.27. The first-order valence-electron chi connectivity index (χ1n) is 3.64. The Balaban J connectivity index is 4.26. The highest BCUT2D eigenvalue weighted by Crippen LogP contribution is 2.16. The van der Waals surface area contributed by atoms with E-state index in [1.54, 1.807) is 20.8 Å². The Bertz CT molecular complexity index is 198. The van der Waals surface area contributed by atoms with Crippen LogP contribution < -0.4 is 0 Å². The molecule has 0 radical (unpaired) electrons. The summed E-state index contributed by atoms with van der Waals surface area (Å²) >= 11 is 0. The first-order valence-corrected chi connectivity index (χ1v) is 5.29. The summed E-state index contributed by atoms with van der Waals surface area (Å²) in [6.07, 6.45) is 0.333. The van der Waals surface area contributed by atoms with Gasteiger partial charge >= 0.3 is 0 Å². The first kappa shape index (κ1) is 10.9. The molecule has 0 aromatic heterocycles. The van der Waals surface area contributed by atoms with Crippen LogP contribution >= 0.6 is 0 Å². The Labute approximate surface area is 68.3 Å². The molecule has 0 bridgehead atoms. The van der Waals surface area contributed by atoms with Crippen molar-refractivity contribution in [1.29, 1.82) is 0 Å². The minimum atomic E-state index is -3.02. The third-order valence-corrected chi connectivity index (χ3v) is 4.20. The second-order valence-corrected chi connectivity index (χ2v) is 6.37. The number of hydrogen-bond acceptors (Lipinski definition) is 3. The van der Waals surface area contributed by atoms with Crippen LogP contribution in [0.15, 0.2) is 0 Å². The molecule has 0 aliphatic rings. The molecule has 0 spiro atoms. The molecule has 0 unspecified atom stereocenters. The molecule has 0 aliphatic heterocycles. The molecule has 0 aliphatic carbocycles. The van der Waals surface area contributed by atoms with Crippen molar-refractivity contribution in [3.63, 3.8) is 0 Å².